The van der Waals surface area contributed by atoms with Gasteiger partial charge in [-0.1, -0.05) is 13.8 Å². The molecule has 1 atom stereocenters. The van der Waals surface area contributed by atoms with Gasteiger partial charge in [-0.3, -0.25) is 19.5 Å². The minimum Gasteiger partial charge on any atom is -0.337 e. The van der Waals surface area contributed by atoms with E-state index in [4.69, 9.17) is 4.98 Å². The number of carbonyl (C=O) groups is 2. The summed E-state index contributed by atoms with van der Waals surface area (Å²) in [5.74, 6) is 0.407. The molecule has 2 aromatic heterocycles. The van der Waals surface area contributed by atoms with E-state index < -0.39 is 0 Å². The zero-order chi connectivity index (χ0) is 20.3. The predicted molar refractivity (Wildman–Crippen MR) is 106 cm³/mol. The van der Waals surface area contributed by atoms with E-state index in [1.807, 2.05) is 24.8 Å². The Kier molecular flexibility index (Phi) is 4.26. The number of fused-ring (bicyclic) bond motifs is 2. The number of amides is 2. The lowest BCUT2D eigenvalue weighted by Crippen LogP contribution is -2.40. The average molecular weight is 397 g/mol. The summed E-state index contributed by atoms with van der Waals surface area (Å²) in [7, 11) is 0. The van der Waals surface area contributed by atoms with E-state index in [0.29, 0.717) is 30.7 Å². The van der Waals surface area contributed by atoms with Gasteiger partial charge in [-0.05, 0) is 25.7 Å². The first-order valence-corrected chi connectivity index (χ1v) is 10.7. The Morgan fingerprint density at radius 1 is 1.21 bits per heavy atom. The van der Waals surface area contributed by atoms with Crippen molar-refractivity contribution in [2.45, 2.75) is 58.5 Å². The summed E-state index contributed by atoms with van der Waals surface area (Å²) >= 11 is 0. The van der Waals surface area contributed by atoms with Crippen LogP contribution in [0.4, 0.5) is 0 Å². The third kappa shape index (κ3) is 3.05. The van der Waals surface area contributed by atoms with E-state index >= 15 is 0 Å². The first-order chi connectivity index (χ1) is 13.9. The fourth-order valence-electron chi connectivity index (χ4n) is 4.63. The van der Waals surface area contributed by atoms with Crippen molar-refractivity contribution >= 4 is 17.5 Å². The first-order valence-electron chi connectivity index (χ1n) is 10.7. The summed E-state index contributed by atoms with van der Waals surface area (Å²) in [6.45, 7) is 5.54. The van der Waals surface area contributed by atoms with Gasteiger partial charge in [0.2, 0.25) is 11.8 Å². The number of hydrogen-bond acceptors (Lipinski definition) is 4. The monoisotopic (exact) mass is 397 g/mol. The van der Waals surface area contributed by atoms with Gasteiger partial charge in [0.05, 0.1) is 29.5 Å². The SMILES string of the molecule is CC(C)C(=O)N1CCC[C@@H]1c1cc2nc3c(c(=O)n2[nH]1)CN(C(=O)C1CC1)CC3. The van der Waals surface area contributed by atoms with Gasteiger partial charge in [0, 0.05) is 37.4 Å². The number of hydrogen-bond donors (Lipinski definition) is 1. The second-order valence-electron chi connectivity index (χ2n) is 8.88. The van der Waals surface area contributed by atoms with Gasteiger partial charge in [0.1, 0.15) is 0 Å². The van der Waals surface area contributed by atoms with Crippen LogP contribution in [-0.4, -0.2) is 49.3 Å². The van der Waals surface area contributed by atoms with Crippen LogP contribution in [0.1, 0.15) is 62.5 Å². The molecule has 0 spiro atoms. The third-order valence-electron chi connectivity index (χ3n) is 6.41. The molecule has 2 fully saturated rings. The standard InChI is InChI=1S/C21H27N5O3/c1-12(2)19(27)25-8-3-4-17(25)16-10-18-22-15-7-9-24(20(28)13-5-6-13)11-14(15)21(29)26(18)23-16/h10,12-13,17,23H,3-9,11H2,1-2H3/t17-/m1/s1. The quantitative estimate of drug-likeness (QED) is 0.852. The van der Waals surface area contributed by atoms with Crippen molar-refractivity contribution in [1.82, 2.24) is 24.4 Å². The molecule has 3 aliphatic rings. The molecule has 0 radical (unpaired) electrons. The van der Waals surface area contributed by atoms with Crippen LogP contribution in [0.15, 0.2) is 10.9 Å². The molecule has 1 aliphatic carbocycles. The van der Waals surface area contributed by atoms with E-state index in [-0.39, 0.29) is 35.3 Å². The van der Waals surface area contributed by atoms with Crippen LogP contribution in [0.5, 0.6) is 0 Å². The van der Waals surface area contributed by atoms with Crippen LogP contribution in [0, 0.1) is 11.8 Å². The Morgan fingerprint density at radius 3 is 2.72 bits per heavy atom. The van der Waals surface area contributed by atoms with Crippen molar-refractivity contribution < 1.29 is 9.59 Å². The second-order valence-corrected chi connectivity index (χ2v) is 8.88. The summed E-state index contributed by atoms with van der Waals surface area (Å²) < 4.78 is 1.48. The maximum atomic E-state index is 13.2. The van der Waals surface area contributed by atoms with E-state index in [0.717, 1.165) is 43.6 Å². The summed E-state index contributed by atoms with van der Waals surface area (Å²) in [6.07, 6.45) is 4.37. The molecule has 29 heavy (non-hydrogen) atoms. The Morgan fingerprint density at radius 2 is 2.00 bits per heavy atom. The highest BCUT2D eigenvalue weighted by Gasteiger charge is 2.36. The predicted octanol–water partition coefficient (Wildman–Crippen LogP) is 1.64. The largest absolute Gasteiger partial charge is 0.337 e. The number of rotatable bonds is 3. The molecule has 2 amide bonds. The Labute approximate surface area is 168 Å². The molecule has 0 bridgehead atoms. The molecule has 2 aromatic rings. The maximum absolute atomic E-state index is 13.2. The molecule has 1 N–H and O–H groups in total. The lowest BCUT2D eigenvalue weighted by atomic mass is 10.1. The third-order valence-corrected chi connectivity index (χ3v) is 6.41. The van der Waals surface area contributed by atoms with Crippen LogP contribution >= 0.6 is 0 Å². The van der Waals surface area contributed by atoms with E-state index in [1.165, 1.54) is 4.52 Å². The lowest BCUT2D eigenvalue weighted by molar-refractivity contribution is -0.135. The summed E-state index contributed by atoms with van der Waals surface area (Å²) in [5.41, 5.74) is 2.72. The number of carbonyl (C=O) groups excluding carboxylic acids is 2. The van der Waals surface area contributed by atoms with Crippen molar-refractivity contribution in [2.75, 3.05) is 13.1 Å². The molecular formula is C21H27N5O3. The molecule has 1 saturated carbocycles. The van der Waals surface area contributed by atoms with Crippen molar-refractivity contribution in [2.24, 2.45) is 11.8 Å². The Hall–Kier alpha value is -2.64. The summed E-state index contributed by atoms with van der Waals surface area (Å²) in [4.78, 5) is 46.6. The summed E-state index contributed by atoms with van der Waals surface area (Å²) in [6, 6.07) is 1.86. The number of aromatic amines is 1. The van der Waals surface area contributed by atoms with Crippen LogP contribution < -0.4 is 5.56 Å². The summed E-state index contributed by atoms with van der Waals surface area (Å²) in [5, 5.41) is 3.20. The molecule has 2 aliphatic heterocycles. The lowest BCUT2D eigenvalue weighted by Gasteiger charge is -2.27. The minimum atomic E-state index is -0.135. The van der Waals surface area contributed by atoms with Crippen LogP contribution in [0.25, 0.3) is 5.65 Å². The first kappa shape index (κ1) is 18.4. The fourth-order valence-corrected chi connectivity index (χ4v) is 4.63. The average Bonchev–Trinajstić information content (AvgIpc) is 3.29. The molecule has 5 rings (SSSR count). The fraction of sp³-hybridized carbons (Fsp3) is 0.619. The normalized spacial score (nSPS) is 21.8. The number of likely N-dealkylation sites (tertiary alicyclic amines) is 1. The number of nitrogens with one attached hydrogen (secondary N) is 1. The molecule has 0 unspecified atom stereocenters. The van der Waals surface area contributed by atoms with E-state index in [9.17, 15) is 14.4 Å². The molecule has 1 saturated heterocycles. The van der Waals surface area contributed by atoms with Crippen molar-refractivity contribution in [3.63, 3.8) is 0 Å². The Bertz CT molecular complexity index is 1050. The van der Waals surface area contributed by atoms with Gasteiger partial charge in [-0.2, -0.15) is 0 Å². The minimum absolute atomic E-state index is 0.0454. The second kappa shape index (κ2) is 6.71. The van der Waals surface area contributed by atoms with Gasteiger partial charge >= 0.3 is 0 Å². The Balaban J connectivity index is 1.49. The molecule has 8 nitrogen and oxygen atoms in total. The van der Waals surface area contributed by atoms with Gasteiger partial charge in [0.15, 0.2) is 5.65 Å². The molecule has 154 valence electrons. The number of H-pyrrole nitrogens is 1. The van der Waals surface area contributed by atoms with Crippen molar-refractivity contribution in [3.05, 3.63) is 33.4 Å². The molecular weight excluding hydrogens is 370 g/mol. The molecule has 0 aromatic carbocycles. The molecule has 4 heterocycles. The van der Waals surface area contributed by atoms with Crippen LogP contribution in [-0.2, 0) is 22.6 Å². The highest BCUT2D eigenvalue weighted by Crippen LogP contribution is 2.34. The smallest absolute Gasteiger partial charge is 0.277 e. The molecule has 8 heteroatoms. The van der Waals surface area contributed by atoms with Gasteiger partial charge in [-0.25, -0.2) is 9.50 Å². The van der Waals surface area contributed by atoms with Gasteiger partial charge < -0.3 is 9.80 Å². The zero-order valence-corrected chi connectivity index (χ0v) is 17.0. The number of aromatic nitrogens is 3. The van der Waals surface area contributed by atoms with Gasteiger partial charge in [0.25, 0.3) is 5.56 Å². The highest BCUT2D eigenvalue weighted by atomic mass is 16.2. The topological polar surface area (TPSA) is 90.8 Å². The number of nitrogens with zero attached hydrogens (tertiary/aromatic N) is 4. The van der Waals surface area contributed by atoms with Crippen LogP contribution in [0.2, 0.25) is 0 Å². The zero-order valence-electron chi connectivity index (χ0n) is 17.0. The van der Waals surface area contributed by atoms with E-state index in [1.54, 1.807) is 4.90 Å². The van der Waals surface area contributed by atoms with Gasteiger partial charge in [-0.15, -0.1) is 0 Å². The van der Waals surface area contributed by atoms with Crippen molar-refractivity contribution in [3.8, 4) is 0 Å². The van der Waals surface area contributed by atoms with E-state index in [2.05, 4.69) is 5.10 Å². The van der Waals surface area contributed by atoms with Crippen LogP contribution in [0.3, 0.4) is 0 Å². The van der Waals surface area contributed by atoms with Crippen molar-refractivity contribution in [1.29, 1.82) is 0 Å². The maximum Gasteiger partial charge on any atom is 0.277 e. The highest BCUT2D eigenvalue weighted by molar-refractivity contribution is 5.81.